The Hall–Kier alpha value is -0.590. The number of ether oxygens (including phenoxy) is 1. The largest absolute Gasteiger partial charge is 0.383 e. The molecule has 1 aliphatic heterocycles. The van der Waals surface area contributed by atoms with Gasteiger partial charge in [0.1, 0.15) is 0 Å². The van der Waals surface area contributed by atoms with Crippen molar-refractivity contribution in [3.05, 3.63) is 0 Å². The maximum absolute atomic E-state index is 8.73. The molecule has 0 N–H and O–H groups in total. The molecule has 1 saturated heterocycles. The highest BCUT2D eigenvalue weighted by Crippen LogP contribution is 2.17. The van der Waals surface area contributed by atoms with E-state index in [4.69, 9.17) is 10.00 Å². The van der Waals surface area contributed by atoms with Gasteiger partial charge in [-0.3, -0.25) is 4.90 Å². The molecule has 1 aliphatic rings. The average Bonchev–Trinajstić information content (AvgIpc) is 2.18. The van der Waals surface area contributed by atoms with Gasteiger partial charge in [-0.2, -0.15) is 5.26 Å². The van der Waals surface area contributed by atoms with Crippen molar-refractivity contribution in [3.63, 3.8) is 0 Å². The first kappa shape index (κ1) is 10.5. The second-order valence-electron chi connectivity index (χ2n) is 3.74. The van der Waals surface area contributed by atoms with Gasteiger partial charge in [0.25, 0.3) is 0 Å². The predicted octanol–water partition coefficient (Wildman–Crippen LogP) is 1.26. The molecule has 3 heteroatoms. The number of methoxy groups -OCH3 is 1. The third kappa shape index (κ3) is 2.98. The molecule has 0 spiro atoms. The molecular weight excluding hydrogens is 164 g/mol. The summed E-state index contributed by atoms with van der Waals surface area (Å²) in [5.74, 6) is 0.283. The lowest BCUT2D eigenvalue weighted by Gasteiger charge is -2.33. The quantitative estimate of drug-likeness (QED) is 0.659. The summed E-state index contributed by atoms with van der Waals surface area (Å²) in [6, 6.07) is 2.83. The Bertz CT molecular complexity index is 180. The van der Waals surface area contributed by atoms with E-state index in [1.807, 2.05) is 0 Å². The third-order valence-electron chi connectivity index (χ3n) is 2.74. The lowest BCUT2D eigenvalue weighted by molar-refractivity contribution is 0.0798. The molecule has 1 fully saturated rings. The van der Waals surface area contributed by atoms with Crippen molar-refractivity contribution in [2.45, 2.75) is 25.8 Å². The minimum absolute atomic E-state index is 0.283. The zero-order valence-electron chi connectivity index (χ0n) is 8.49. The van der Waals surface area contributed by atoms with E-state index in [-0.39, 0.29) is 5.92 Å². The van der Waals surface area contributed by atoms with Crippen molar-refractivity contribution in [1.82, 2.24) is 4.90 Å². The molecule has 0 aromatic rings. The van der Waals surface area contributed by atoms with Crippen LogP contribution in [-0.4, -0.2) is 37.7 Å². The van der Waals surface area contributed by atoms with Crippen LogP contribution in [0.3, 0.4) is 0 Å². The van der Waals surface area contributed by atoms with E-state index in [9.17, 15) is 0 Å². The van der Waals surface area contributed by atoms with Crippen molar-refractivity contribution in [1.29, 1.82) is 5.26 Å². The van der Waals surface area contributed by atoms with E-state index in [0.29, 0.717) is 6.04 Å². The number of nitrogens with zero attached hydrogens (tertiary/aromatic N) is 2. The van der Waals surface area contributed by atoms with Gasteiger partial charge in [-0.1, -0.05) is 0 Å². The summed E-state index contributed by atoms with van der Waals surface area (Å²) in [4.78, 5) is 2.40. The van der Waals surface area contributed by atoms with Crippen LogP contribution in [0.2, 0.25) is 0 Å². The number of likely N-dealkylation sites (tertiary alicyclic amines) is 1. The summed E-state index contributed by atoms with van der Waals surface area (Å²) in [5.41, 5.74) is 0. The molecule has 13 heavy (non-hydrogen) atoms. The molecule has 0 aliphatic carbocycles. The summed E-state index contributed by atoms with van der Waals surface area (Å²) in [6.45, 7) is 5.05. The maximum Gasteiger partial charge on any atom is 0.0656 e. The van der Waals surface area contributed by atoms with Crippen LogP contribution in [0.15, 0.2) is 0 Å². The van der Waals surface area contributed by atoms with Crippen LogP contribution in [0.25, 0.3) is 0 Å². The van der Waals surface area contributed by atoms with E-state index in [1.165, 1.54) is 0 Å². The Morgan fingerprint density at radius 2 is 2.15 bits per heavy atom. The topological polar surface area (TPSA) is 36.3 Å². The molecule has 0 bridgehead atoms. The van der Waals surface area contributed by atoms with Crippen LogP contribution in [0.1, 0.15) is 19.8 Å². The Balaban J connectivity index is 2.28. The number of hydrogen-bond donors (Lipinski definition) is 0. The van der Waals surface area contributed by atoms with Gasteiger partial charge >= 0.3 is 0 Å². The summed E-state index contributed by atoms with van der Waals surface area (Å²) >= 11 is 0. The van der Waals surface area contributed by atoms with E-state index >= 15 is 0 Å². The summed E-state index contributed by atoms with van der Waals surface area (Å²) < 4.78 is 5.10. The van der Waals surface area contributed by atoms with Crippen molar-refractivity contribution in [3.8, 4) is 6.07 Å². The van der Waals surface area contributed by atoms with Crippen molar-refractivity contribution in [2.24, 2.45) is 5.92 Å². The lowest BCUT2D eigenvalue weighted by Crippen LogP contribution is -2.41. The number of hydrogen-bond acceptors (Lipinski definition) is 3. The van der Waals surface area contributed by atoms with Gasteiger partial charge < -0.3 is 4.74 Å². The molecule has 1 rings (SSSR count). The number of rotatable bonds is 3. The van der Waals surface area contributed by atoms with E-state index < -0.39 is 0 Å². The molecule has 3 nitrogen and oxygen atoms in total. The van der Waals surface area contributed by atoms with Crippen LogP contribution in [0, 0.1) is 17.2 Å². The molecule has 1 heterocycles. The number of piperidine rings is 1. The molecule has 1 unspecified atom stereocenters. The molecule has 0 aromatic carbocycles. The van der Waals surface area contributed by atoms with E-state index in [0.717, 1.165) is 32.5 Å². The van der Waals surface area contributed by atoms with Gasteiger partial charge in [-0.15, -0.1) is 0 Å². The van der Waals surface area contributed by atoms with Crippen LogP contribution in [0.5, 0.6) is 0 Å². The van der Waals surface area contributed by atoms with Crippen molar-refractivity contribution < 1.29 is 4.74 Å². The monoisotopic (exact) mass is 182 g/mol. The second kappa shape index (κ2) is 5.21. The molecule has 1 atom stereocenters. The maximum atomic E-state index is 8.73. The first-order chi connectivity index (χ1) is 6.27. The van der Waals surface area contributed by atoms with Crippen LogP contribution in [-0.2, 0) is 4.74 Å². The molecule has 0 amide bonds. The van der Waals surface area contributed by atoms with Crippen molar-refractivity contribution in [2.75, 3.05) is 26.8 Å². The van der Waals surface area contributed by atoms with Crippen LogP contribution < -0.4 is 0 Å². The zero-order chi connectivity index (χ0) is 9.68. The van der Waals surface area contributed by atoms with Crippen LogP contribution >= 0.6 is 0 Å². The third-order valence-corrected chi connectivity index (χ3v) is 2.74. The van der Waals surface area contributed by atoms with Crippen LogP contribution in [0.4, 0.5) is 0 Å². The van der Waals surface area contributed by atoms with Gasteiger partial charge in [-0.25, -0.2) is 0 Å². The molecule has 0 saturated carbocycles. The highest BCUT2D eigenvalue weighted by Gasteiger charge is 2.21. The van der Waals surface area contributed by atoms with E-state index in [1.54, 1.807) is 7.11 Å². The minimum atomic E-state index is 0.283. The molecular formula is C10H18N2O. The molecule has 0 radical (unpaired) electrons. The van der Waals surface area contributed by atoms with Gasteiger partial charge in [0.2, 0.25) is 0 Å². The SMILES string of the molecule is COCC(C)N1CCC(C#N)CC1. The Morgan fingerprint density at radius 1 is 1.54 bits per heavy atom. The standard InChI is InChI=1S/C10H18N2O/c1-9(8-13-2)12-5-3-10(7-11)4-6-12/h9-10H,3-6,8H2,1-2H3. The fourth-order valence-corrected chi connectivity index (χ4v) is 1.82. The van der Waals surface area contributed by atoms with E-state index in [2.05, 4.69) is 17.9 Å². The Morgan fingerprint density at radius 3 is 2.62 bits per heavy atom. The highest BCUT2D eigenvalue weighted by molar-refractivity contribution is 4.88. The van der Waals surface area contributed by atoms with Gasteiger partial charge in [-0.05, 0) is 32.9 Å². The highest BCUT2D eigenvalue weighted by atomic mass is 16.5. The molecule has 74 valence electrons. The van der Waals surface area contributed by atoms with Gasteiger partial charge in [0, 0.05) is 19.1 Å². The first-order valence-corrected chi connectivity index (χ1v) is 4.90. The zero-order valence-corrected chi connectivity index (χ0v) is 8.49. The smallest absolute Gasteiger partial charge is 0.0656 e. The fourth-order valence-electron chi connectivity index (χ4n) is 1.82. The average molecular weight is 182 g/mol. The summed E-state index contributed by atoms with van der Waals surface area (Å²) in [6.07, 6.45) is 2.04. The summed E-state index contributed by atoms with van der Waals surface area (Å²) in [7, 11) is 1.73. The molecule has 0 aromatic heterocycles. The predicted molar refractivity (Wildman–Crippen MR) is 51.2 cm³/mol. The summed E-state index contributed by atoms with van der Waals surface area (Å²) in [5, 5.41) is 8.73. The normalized spacial score (nSPS) is 22.5. The second-order valence-corrected chi connectivity index (χ2v) is 3.74. The Kier molecular flexibility index (Phi) is 4.20. The number of nitriles is 1. The van der Waals surface area contributed by atoms with Crippen molar-refractivity contribution >= 4 is 0 Å². The Labute approximate surface area is 80.3 Å². The van der Waals surface area contributed by atoms with Gasteiger partial charge in [0.05, 0.1) is 12.7 Å². The lowest BCUT2D eigenvalue weighted by atomic mass is 9.98. The fraction of sp³-hybridized carbons (Fsp3) is 0.900. The minimum Gasteiger partial charge on any atom is -0.383 e. The first-order valence-electron chi connectivity index (χ1n) is 4.90. The van der Waals surface area contributed by atoms with Gasteiger partial charge in [0.15, 0.2) is 0 Å².